The number of ether oxygens (including phenoxy) is 1. The normalized spacial score (nSPS) is 10.0. The van der Waals surface area contributed by atoms with Gasteiger partial charge in [-0.3, -0.25) is 0 Å². The molecule has 0 aliphatic heterocycles. The summed E-state index contributed by atoms with van der Waals surface area (Å²) in [4.78, 5) is 0. The number of nitrogens with one attached hydrogen (secondary N) is 2. The van der Waals surface area contributed by atoms with Crippen LogP contribution in [0, 0.1) is 0 Å². The molecular formula is C10H16N2O. The van der Waals surface area contributed by atoms with Crippen molar-refractivity contribution >= 4 is 0 Å². The molecule has 0 saturated heterocycles. The van der Waals surface area contributed by atoms with E-state index in [0.717, 1.165) is 19.0 Å². The summed E-state index contributed by atoms with van der Waals surface area (Å²) in [5, 5.41) is 6.26. The number of rotatable bonds is 5. The van der Waals surface area contributed by atoms with Gasteiger partial charge in [-0.15, -0.1) is 0 Å². The second-order valence-corrected chi connectivity index (χ2v) is 2.81. The lowest BCUT2D eigenvalue weighted by atomic mass is 10.2. The van der Waals surface area contributed by atoms with Crippen LogP contribution in [0.3, 0.4) is 0 Å². The monoisotopic (exact) mass is 180 g/mol. The average Bonchev–Trinajstić information content (AvgIpc) is 2.19. The Balaban J connectivity index is 2.46. The zero-order chi connectivity index (χ0) is 9.52. The molecular weight excluding hydrogens is 164 g/mol. The molecule has 1 rings (SSSR count). The van der Waals surface area contributed by atoms with Crippen molar-refractivity contribution < 1.29 is 4.74 Å². The molecule has 0 saturated carbocycles. The van der Waals surface area contributed by atoms with Crippen LogP contribution < -0.4 is 15.4 Å². The summed E-state index contributed by atoms with van der Waals surface area (Å²) in [7, 11) is 3.60. The van der Waals surface area contributed by atoms with Crippen LogP contribution in [-0.4, -0.2) is 20.8 Å². The molecule has 2 N–H and O–H groups in total. The van der Waals surface area contributed by atoms with Gasteiger partial charge in [0.15, 0.2) is 0 Å². The van der Waals surface area contributed by atoms with Gasteiger partial charge in [0.1, 0.15) is 5.75 Å². The number of benzene rings is 1. The van der Waals surface area contributed by atoms with Gasteiger partial charge in [-0.1, -0.05) is 12.1 Å². The Kier molecular flexibility index (Phi) is 4.29. The smallest absolute Gasteiger partial charge is 0.119 e. The van der Waals surface area contributed by atoms with Crippen LogP contribution >= 0.6 is 0 Å². The van der Waals surface area contributed by atoms with Crippen LogP contribution in [0.15, 0.2) is 24.3 Å². The molecule has 0 fully saturated rings. The summed E-state index contributed by atoms with van der Waals surface area (Å²) in [6.07, 6.45) is 0. The zero-order valence-corrected chi connectivity index (χ0v) is 8.13. The van der Waals surface area contributed by atoms with Gasteiger partial charge < -0.3 is 15.4 Å². The second-order valence-electron chi connectivity index (χ2n) is 2.81. The fraction of sp³-hybridized carbons (Fsp3) is 0.400. The molecule has 0 aliphatic carbocycles. The first-order chi connectivity index (χ1) is 6.36. The Labute approximate surface area is 79.1 Å². The predicted octanol–water partition coefficient (Wildman–Crippen LogP) is 0.962. The van der Waals surface area contributed by atoms with Crippen molar-refractivity contribution in [3.8, 4) is 5.75 Å². The molecule has 0 aliphatic rings. The van der Waals surface area contributed by atoms with Crippen molar-refractivity contribution in [2.24, 2.45) is 0 Å². The molecule has 0 heterocycles. The largest absolute Gasteiger partial charge is 0.497 e. The van der Waals surface area contributed by atoms with Crippen molar-refractivity contribution in [1.82, 2.24) is 10.6 Å². The highest BCUT2D eigenvalue weighted by Gasteiger charge is 1.93. The first kappa shape index (κ1) is 10.0. The van der Waals surface area contributed by atoms with Gasteiger partial charge in [0.2, 0.25) is 0 Å². The van der Waals surface area contributed by atoms with Crippen molar-refractivity contribution in [2.45, 2.75) is 6.54 Å². The van der Waals surface area contributed by atoms with E-state index in [1.54, 1.807) is 7.11 Å². The Morgan fingerprint density at radius 3 is 2.92 bits per heavy atom. The average molecular weight is 180 g/mol. The molecule has 1 aromatic carbocycles. The van der Waals surface area contributed by atoms with Crippen molar-refractivity contribution in [1.29, 1.82) is 0 Å². The lowest BCUT2D eigenvalue weighted by Gasteiger charge is -2.05. The molecule has 0 spiro atoms. The lowest BCUT2D eigenvalue weighted by Crippen LogP contribution is -2.25. The van der Waals surface area contributed by atoms with E-state index in [0.29, 0.717) is 0 Å². The lowest BCUT2D eigenvalue weighted by molar-refractivity contribution is 0.414. The number of hydrogen-bond acceptors (Lipinski definition) is 3. The van der Waals surface area contributed by atoms with Gasteiger partial charge in [0.05, 0.1) is 7.11 Å². The first-order valence-corrected chi connectivity index (χ1v) is 4.35. The van der Waals surface area contributed by atoms with Gasteiger partial charge in [-0.05, 0) is 24.7 Å². The molecule has 72 valence electrons. The summed E-state index contributed by atoms with van der Waals surface area (Å²) in [6, 6.07) is 8.05. The highest BCUT2D eigenvalue weighted by Crippen LogP contribution is 2.11. The van der Waals surface area contributed by atoms with Crippen LogP contribution in [0.1, 0.15) is 5.56 Å². The quantitative estimate of drug-likeness (QED) is 0.523. The highest BCUT2D eigenvalue weighted by atomic mass is 16.5. The minimum atomic E-state index is 0.817. The Morgan fingerprint density at radius 2 is 2.23 bits per heavy atom. The third-order valence-electron chi connectivity index (χ3n) is 1.77. The summed E-state index contributed by atoms with van der Waals surface area (Å²) >= 11 is 0. The van der Waals surface area contributed by atoms with E-state index < -0.39 is 0 Å². The molecule has 0 bridgehead atoms. The number of hydrogen-bond donors (Lipinski definition) is 2. The standard InChI is InChI=1S/C10H16N2O/c1-11-8-12-7-9-4-3-5-10(6-9)13-2/h3-6,11-12H,7-8H2,1-2H3. The van der Waals surface area contributed by atoms with Gasteiger partial charge in [0.25, 0.3) is 0 Å². The van der Waals surface area contributed by atoms with Gasteiger partial charge >= 0.3 is 0 Å². The van der Waals surface area contributed by atoms with E-state index in [2.05, 4.69) is 16.7 Å². The summed E-state index contributed by atoms with van der Waals surface area (Å²) in [5.74, 6) is 0.906. The minimum Gasteiger partial charge on any atom is -0.497 e. The van der Waals surface area contributed by atoms with Gasteiger partial charge in [-0.25, -0.2) is 0 Å². The fourth-order valence-electron chi connectivity index (χ4n) is 1.11. The Hall–Kier alpha value is -1.06. The molecule has 1 aromatic rings. The van der Waals surface area contributed by atoms with E-state index >= 15 is 0 Å². The Morgan fingerprint density at radius 1 is 1.38 bits per heavy atom. The van der Waals surface area contributed by atoms with Crippen molar-refractivity contribution in [3.63, 3.8) is 0 Å². The highest BCUT2D eigenvalue weighted by molar-refractivity contribution is 5.28. The number of methoxy groups -OCH3 is 1. The molecule has 0 radical (unpaired) electrons. The maximum absolute atomic E-state index is 5.12. The third kappa shape index (κ3) is 3.44. The van der Waals surface area contributed by atoms with Crippen LogP contribution in [0.2, 0.25) is 0 Å². The summed E-state index contributed by atoms with van der Waals surface area (Å²) in [5.41, 5.74) is 1.23. The van der Waals surface area contributed by atoms with Gasteiger partial charge in [0, 0.05) is 13.2 Å². The zero-order valence-electron chi connectivity index (χ0n) is 8.13. The Bertz CT molecular complexity index is 250. The van der Waals surface area contributed by atoms with Crippen LogP contribution in [0.25, 0.3) is 0 Å². The predicted molar refractivity (Wildman–Crippen MR) is 53.8 cm³/mol. The van der Waals surface area contributed by atoms with Crippen LogP contribution in [0.5, 0.6) is 5.75 Å². The van der Waals surface area contributed by atoms with E-state index in [1.807, 2.05) is 25.2 Å². The summed E-state index contributed by atoms with van der Waals surface area (Å²) in [6.45, 7) is 1.68. The molecule has 13 heavy (non-hydrogen) atoms. The third-order valence-corrected chi connectivity index (χ3v) is 1.77. The molecule has 3 nitrogen and oxygen atoms in total. The van der Waals surface area contributed by atoms with Crippen LogP contribution in [-0.2, 0) is 6.54 Å². The molecule has 3 heteroatoms. The SMILES string of the molecule is CNCNCc1cccc(OC)c1. The second kappa shape index (κ2) is 5.56. The van der Waals surface area contributed by atoms with E-state index in [-0.39, 0.29) is 0 Å². The summed E-state index contributed by atoms with van der Waals surface area (Å²) < 4.78 is 5.12. The van der Waals surface area contributed by atoms with E-state index in [4.69, 9.17) is 4.74 Å². The van der Waals surface area contributed by atoms with Crippen LogP contribution in [0.4, 0.5) is 0 Å². The first-order valence-electron chi connectivity index (χ1n) is 4.35. The van der Waals surface area contributed by atoms with E-state index in [1.165, 1.54) is 5.56 Å². The minimum absolute atomic E-state index is 0.817. The van der Waals surface area contributed by atoms with Crippen molar-refractivity contribution in [3.05, 3.63) is 29.8 Å². The molecule has 0 aromatic heterocycles. The topological polar surface area (TPSA) is 33.3 Å². The fourth-order valence-corrected chi connectivity index (χ4v) is 1.11. The maximum Gasteiger partial charge on any atom is 0.119 e. The maximum atomic E-state index is 5.12. The molecule has 0 unspecified atom stereocenters. The van der Waals surface area contributed by atoms with Gasteiger partial charge in [-0.2, -0.15) is 0 Å². The molecule has 0 amide bonds. The van der Waals surface area contributed by atoms with E-state index in [9.17, 15) is 0 Å². The molecule has 0 atom stereocenters. The van der Waals surface area contributed by atoms with Crippen molar-refractivity contribution in [2.75, 3.05) is 20.8 Å².